The predicted octanol–water partition coefficient (Wildman–Crippen LogP) is 3.59. The minimum Gasteiger partial charge on any atom is -0.421 e. The number of ether oxygens (including phenoxy) is 1. The largest absolute Gasteiger partial charge is 0.421 e. The van der Waals surface area contributed by atoms with Crippen molar-refractivity contribution in [2.45, 2.75) is 0 Å². The van der Waals surface area contributed by atoms with Crippen LogP contribution in [0.15, 0.2) is 41.1 Å². The van der Waals surface area contributed by atoms with Crippen molar-refractivity contribution >= 4 is 33.5 Å². The van der Waals surface area contributed by atoms with E-state index in [2.05, 4.69) is 20.9 Å². The number of benzene rings is 1. The van der Waals surface area contributed by atoms with E-state index in [1.165, 1.54) is 24.4 Å². The third kappa shape index (κ3) is 3.31. The summed E-state index contributed by atoms with van der Waals surface area (Å²) in [4.78, 5) is 15.7. The lowest BCUT2D eigenvalue weighted by Gasteiger charge is -2.06. The first-order valence-corrected chi connectivity index (χ1v) is 6.29. The van der Waals surface area contributed by atoms with Crippen molar-refractivity contribution in [2.75, 3.05) is 0 Å². The highest BCUT2D eigenvalue weighted by Crippen LogP contribution is 2.26. The molecule has 19 heavy (non-hydrogen) atoms. The molecule has 0 atom stereocenters. The van der Waals surface area contributed by atoms with Gasteiger partial charge in [-0.25, -0.2) is 4.79 Å². The van der Waals surface area contributed by atoms with Crippen molar-refractivity contribution in [2.24, 2.45) is 0 Å². The Morgan fingerprint density at radius 1 is 1.37 bits per heavy atom. The number of pyridine rings is 1. The number of esters is 1. The van der Waals surface area contributed by atoms with E-state index in [0.29, 0.717) is 15.6 Å². The molecule has 0 unspecified atom stereocenters. The quantitative estimate of drug-likeness (QED) is 0.620. The molecule has 0 saturated heterocycles. The zero-order chi connectivity index (χ0) is 13.8. The third-order valence-electron chi connectivity index (χ3n) is 2.20. The van der Waals surface area contributed by atoms with E-state index < -0.39 is 5.97 Å². The average Bonchev–Trinajstić information content (AvgIpc) is 2.41. The molecule has 4 nitrogen and oxygen atoms in total. The van der Waals surface area contributed by atoms with E-state index in [-0.39, 0.29) is 10.8 Å². The van der Waals surface area contributed by atoms with Gasteiger partial charge in [0.1, 0.15) is 5.75 Å². The van der Waals surface area contributed by atoms with Gasteiger partial charge >= 0.3 is 5.97 Å². The number of rotatable bonds is 2. The normalized spacial score (nSPS) is 9.74. The number of hydrogen-bond acceptors (Lipinski definition) is 4. The second kappa shape index (κ2) is 5.83. The van der Waals surface area contributed by atoms with E-state index in [1.807, 2.05) is 6.07 Å². The SMILES string of the molecule is N#Cc1ccc(OC(=O)c2cncc(Br)c2)c(Cl)c1. The Morgan fingerprint density at radius 2 is 2.16 bits per heavy atom. The molecule has 1 aromatic carbocycles. The molecule has 0 aliphatic rings. The zero-order valence-electron chi connectivity index (χ0n) is 9.43. The molecule has 94 valence electrons. The van der Waals surface area contributed by atoms with Crippen LogP contribution in [0.1, 0.15) is 15.9 Å². The second-order valence-electron chi connectivity index (χ2n) is 3.54. The Morgan fingerprint density at radius 3 is 2.79 bits per heavy atom. The van der Waals surface area contributed by atoms with E-state index in [0.717, 1.165) is 0 Å². The lowest BCUT2D eigenvalue weighted by Crippen LogP contribution is -2.09. The van der Waals surface area contributed by atoms with Crippen LogP contribution in [0.3, 0.4) is 0 Å². The molecule has 1 heterocycles. The number of carbonyl (C=O) groups is 1. The van der Waals surface area contributed by atoms with E-state index in [4.69, 9.17) is 21.6 Å². The molecule has 6 heteroatoms. The van der Waals surface area contributed by atoms with Crippen LogP contribution >= 0.6 is 27.5 Å². The molecule has 2 rings (SSSR count). The smallest absolute Gasteiger partial charge is 0.345 e. The van der Waals surface area contributed by atoms with E-state index in [9.17, 15) is 4.79 Å². The first-order chi connectivity index (χ1) is 9.10. The summed E-state index contributed by atoms with van der Waals surface area (Å²) in [5.41, 5.74) is 0.698. The van der Waals surface area contributed by atoms with Gasteiger partial charge in [0.15, 0.2) is 0 Å². The second-order valence-corrected chi connectivity index (χ2v) is 4.86. The number of nitrogens with zero attached hydrogens (tertiary/aromatic N) is 2. The highest BCUT2D eigenvalue weighted by atomic mass is 79.9. The minimum absolute atomic E-state index is 0.200. The summed E-state index contributed by atoms with van der Waals surface area (Å²) in [6.07, 6.45) is 2.95. The summed E-state index contributed by atoms with van der Waals surface area (Å²) in [6.45, 7) is 0. The van der Waals surface area contributed by atoms with Gasteiger partial charge in [-0.1, -0.05) is 11.6 Å². The van der Waals surface area contributed by atoms with Crippen molar-refractivity contribution in [1.29, 1.82) is 5.26 Å². The monoisotopic (exact) mass is 336 g/mol. The molecule has 0 N–H and O–H groups in total. The topological polar surface area (TPSA) is 63.0 Å². The third-order valence-corrected chi connectivity index (χ3v) is 2.93. The van der Waals surface area contributed by atoms with Crippen LogP contribution in [0, 0.1) is 11.3 Å². The highest BCUT2D eigenvalue weighted by molar-refractivity contribution is 9.10. The standard InChI is InChI=1S/C13H6BrClN2O2/c14-10-4-9(6-17-7-10)13(18)19-12-2-1-8(5-16)3-11(12)15/h1-4,6-7H. The van der Waals surface area contributed by atoms with Gasteiger partial charge in [0.05, 0.1) is 22.2 Å². The molecule has 0 spiro atoms. The van der Waals surface area contributed by atoms with Gasteiger partial charge in [-0.05, 0) is 40.2 Å². The van der Waals surface area contributed by atoms with E-state index >= 15 is 0 Å². The first-order valence-electron chi connectivity index (χ1n) is 5.12. The van der Waals surface area contributed by atoms with Crippen LogP contribution < -0.4 is 4.74 Å². The van der Waals surface area contributed by atoms with Gasteiger partial charge < -0.3 is 4.74 Å². The minimum atomic E-state index is -0.569. The van der Waals surface area contributed by atoms with Gasteiger partial charge in [-0.2, -0.15) is 5.26 Å². The summed E-state index contributed by atoms with van der Waals surface area (Å²) in [7, 11) is 0. The molecule has 0 aliphatic carbocycles. The molecule has 0 aliphatic heterocycles. The Bertz CT molecular complexity index is 683. The lowest BCUT2D eigenvalue weighted by molar-refractivity contribution is 0.0734. The summed E-state index contributed by atoms with van der Waals surface area (Å²) >= 11 is 9.13. The van der Waals surface area contributed by atoms with Crippen molar-refractivity contribution in [3.05, 3.63) is 57.3 Å². The maximum Gasteiger partial charge on any atom is 0.345 e. The van der Waals surface area contributed by atoms with Gasteiger partial charge in [0, 0.05) is 16.9 Å². The van der Waals surface area contributed by atoms with E-state index in [1.54, 1.807) is 12.3 Å². The number of hydrogen-bond donors (Lipinski definition) is 0. The van der Waals surface area contributed by atoms with Crippen molar-refractivity contribution in [3.8, 4) is 11.8 Å². The highest BCUT2D eigenvalue weighted by Gasteiger charge is 2.12. The zero-order valence-corrected chi connectivity index (χ0v) is 11.8. The fourth-order valence-electron chi connectivity index (χ4n) is 1.34. The number of halogens is 2. The number of aromatic nitrogens is 1. The summed E-state index contributed by atoms with van der Waals surface area (Å²) in [5, 5.41) is 8.92. The molecule has 1 aromatic heterocycles. The molecule has 0 saturated carbocycles. The Balaban J connectivity index is 2.22. The summed E-state index contributed by atoms with van der Waals surface area (Å²) < 4.78 is 5.82. The first kappa shape index (κ1) is 13.5. The van der Waals surface area contributed by atoms with Gasteiger partial charge in [0.2, 0.25) is 0 Å². The van der Waals surface area contributed by atoms with Crippen LogP contribution in [0.25, 0.3) is 0 Å². The van der Waals surface area contributed by atoms with Crippen LogP contribution in [0.2, 0.25) is 5.02 Å². The van der Waals surface area contributed by atoms with Gasteiger partial charge in [0.25, 0.3) is 0 Å². The molecule has 0 radical (unpaired) electrons. The van der Waals surface area contributed by atoms with Crippen molar-refractivity contribution < 1.29 is 9.53 Å². The van der Waals surface area contributed by atoms with Gasteiger partial charge in [-0.3, -0.25) is 4.98 Å². The molecular formula is C13H6BrClN2O2. The molecule has 2 aromatic rings. The fourth-order valence-corrected chi connectivity index (χ4v) is 1.92. The summed E-state index contributed by atoms with van der Waals surface area (Å²) in [5.74, 6) is -0.369. The number of carbonyl (C=O) groups excluding carboxylic acids is 1. The average molecular weight is 338 g/mol. The molecule has 0 fully saturated rings. The Kier molecular flexibility index (Phi) is 4.15. The predicted molar refractivity (Wildman–Crippen MR) is 73.1 cm³/mol. The molecule has 0 bridgehead atoms. The van der Waals surface area contributed by atoms with Crippen LogP contribution in [-0.4, -0.2) is 11.0 Å². The van der Waals surface area contributed by atoms with Crippen molar-refractivity contribution in [1.82, 2.24) is 4.98 Å². The Hall–Kier alpha value is -1.90. The van der Waals surface area contributed by atoms with Gasteiger partial charge in [-0.15, -0.1) is 0 Å². The van der Waals surface area contributed by atoms with Crippen molar-refractivity contribution in [3.63, 3.8) is 0 Å². The number of nitriles is 1. The van der Waals surface area contributed by atoms with Crippen LogP contribution in [0.4, 0.5) is 0 Å². The van der Waals surface area contributed by atoms with Crippen LogP contribution in [0.5, 0.6) is 5.75 Å². The Labute approximate surface area is 122 Å². The maximum absolute atomic E-state index is 11.9. The van der Waals surface area contributed by atoms with Crippen LogP contribution in [-0.2, 0) is 0 Å². The molecular weight excluding hydrogens is 332 g/mol. The molecule has 0 amide bonds. The fraction of sp³-hybridized carbons (Fsp3) is 0. The maximum atomic E-state index is 11.9. The summed E-state index contributed by atoms with van der Waals surface area (Å²) in [6, 6.07) is 7.97. The lowest BCUT2D eigenvalue weighted by atomic mass is 10.2.